The summed E-state index contributed by atoms with van der Waals surface area (Å²) in [6.45, 7) is 1.17. The first-order valence-corrected chi connectivity index (χ1v) is 6.71. The van der Waals surface area contributed by atoms with E-state index < -0.39 is 11.9 Å². The van der Waals surface area contributed by atoms with Gasteiger partial charge < -0.3 is 9.26 Å². The van der Waals surface area contributed by atoms with Gasteiger partial charge in [-0.05, 0) is 24.6 Å². The second-order valence-electron chi connectivity index (χ2n) is 4.53. The zero-order chi connectivity index (χ0) is 14.8. The van der Waals surface area contributed by atoms with Gasteiger partial charge in [-0.1, -0.05) is 16.8 Å². The first-order chi connectivity index (χ1) is 10.1. The molecule has 1 amide bonds. The molecule has 0 bridgehead atoms. The fourth-order valence-electron chi connectivity index (χ4n) is 2.00. The average molecular weight is 312 g/mol. The van der Waals surface area contributed by atoms with Crippen molar-refractivity contribution in [3.63, 3.8) is 0 Å². The molecule has 1 aliphatic heterocycles. The average Bonchev–Trinajstić information content (AvgIpc) is 2.90. The Morgan fingerprint density at radius 2 is 2.29 bits per heavy atom. The number of benzene rings is 1. The molecule has 1 aliphatic rings. The van der Waals surface area contributed by atoms with Crippen LogP contribution < -0.4 is 0 Å². The molecule has 0 spiro atoms. The predicted molar refractivity (Wildman–Crippen MR) is 71.1 cm³/mol. The number of hydrogen-bond donors (Lipinski definition) is 0. The Labute approximate surface area is 124 Å². The molecular weight excluding hydrogens is 301 g/mol. The molecule has 0 atom stereocenters. The lowest BCUT2D eigenvalue weighted by Gasteiger charge is -2.24. The van der Waals surface area contributed by atoms with Crippen LogP contribution in [0.1, 0.15) is 12.3 Å². The highest BCUT2D eigenvalue weighted by Crippen LogP contribution is 2.26. The number of hydrogen-bond acceptors (Lipinski definition) is 5. The second kappa shape index (κ2) is 5.69. The SMILES string of the molecule is O=C1OCCCN1Cc1nc(-c2ccc(F)cc2Cl)no1. The Bertz CT molecular complexity index is 676. The summed E-state index contributed by atoms with van der Waals surface area (Å²) in [5, 5.41) is 3.99. The van der Waals surface area contributed by atoms with Crippen LogP contribution in [0.2, 0.25) is 5.02 Å². The van der Waals surface area contributed by atoms with Crippen LogP contribution in [0.15, 0.2) is 22.7 Å². The van der Waals surface area contributed by atoms with Gasteiger partial charge in [0.05, 0.1) is 11.6 Å². The van der Waals surface area contributed by atoms with Gasteiger partial charge in [-0.2, -0.15) is 4.98 Å². The number of carbonyl (C=O) groups is 1. The maximum atomic E-state index is 13.0. The van der Waals surface area contributed by atoms with Gasteiger partial charge in [-0.15, -0.1) is 0 Å². The zero-order valence-corrected chi connectivity index (χ0v) is 11.6. The summed E-state index contributed by atoms with van der Waals surface area (Å²) >= 11 is 5.94. The van der Waals surface area contributed by atoms with Gasteiger partial charge in [-0.3, -0.25) is 4.90 Å². The highest BCUT2D eigenvalue weighted by Gasteiger charge is 2.22. The molecule has 0 saturated carbocycles. The maximum absolute atomic E-state index is 13.0. The molecule has 0 aliphatic carbocycles. The number of carbonyl (C=O) groups excluding carboxylic acids is 1. The minimum Gasteiger partial charge on any atom is -0.449 e. The van der Waals surface area contributed by atoms with E-state index in [2.05, 4.69) is 10.1 Å². The molecule has 1 saturated heterocycles. The minimum atomic E-state index is -0.441. The molecular formula is C13H11ClFN3O3. The van der Waals surface area contributed by atoms with E-state index in [0.29, 0.717) is 18.7 Å². The van der Waals surface area contributed by atoms with Crippen LogP contribution in [0.5, 0.6) is 0 Å². The van der Waals surface area contributed by atoms with Crippen LogP contribution in [-0.4, -0.2) is 34.3 Å². The monoisotopic (exact) mass is 311 g/mol. The third kappa shape index (κ3) is 2.97. The molecule has 2 heterocycles. The highest BCUT2D eigenvalue weighted by molar-refractivity contribution is 6.33. The number of ether oxygens (including phenoxy) is 1. The number of amides is 1. The van der Waals surface area contributed by atoms with Gasteiger partial charge in [0.15, 0.2) is 0 Å². The highest BCUT2D eigenvalue weighted by atomic mass is 35.5. The summed E-state index contributed by atoms with van der Waals surface area (Å²) in [6, 6.07) is 3.91. The molecule has 3 rings (SSSR count). The lowest BCUT2D eigenvalue weighted by Crippen LogP contribution is -2.37. The van der Waals surface area contributed by atoms with Crippen molar-refractivity contribution in [3.8, 4) is 11.4 Å². The molecule has 110 valence electrons. The van der Waals surface area contributed by atoms with Crippen molar-refractivity contribution in [2.75, 3.05) is 13.2 Å². The van der Waals surface area contributed by atoms with Gasteiger partial charge in [0.1, 0.15) is 12.4 Å². The Hall–Kier alpha value is -2.15. The molecule has 0 radical (unpaired) electrons. The van der Waals surface area contributed by atoms with E-state index in [4.69, 9.17) is 20.9 Å². The standard InChI is InChI=1S/C13H11ClFN3O3/c14-10-6-8(15)2-3-9(10)12-16-11(21-17-12)7-18-4-1-5-20-13(18)19/h2-3,6H,1,4-5,7H2. The van der Waals surface area contributed by atoms with Gasteiger partial charge >= 0.3 is 6.09 Å². The van der Waals surface area contributed by atoms with E-state index in [-0.39, 0.29) is 23.3 Å². The third-order valence-electron chi connectivity index (χ3n) is 3.02. The summed E-state index contributed by atoms with van der Waals surface area (Å²) in [7, 11) is 0. The van der Waals surface area contributed by atoms with Crippen LogP contribution in [0.3, 0.4) is 0 Å². The van der Waals surface area contributed by atoms with Crippen molar-refractivity contribution in [1.82, 2.24) is 15.0 Å². The fourth-order valence-corrected chi connectivity index (χ4v) is 2.26. The van der Waals surface area contributed by atoms with Gasteiger partial charge in [-0.25, -0.2) is 9.18 Å². The lowest BCUT2D eigenvalue weighted by atomic mass is 10.2. The maximum Gasteiger partial charge on any atom is 0.410 e. The molecule has 0 N–H and O–H groups in total. The van der Waals surface area contributed by atoms with E-state index >= 15 is 0 Å². The van der Waals surface area contributed by atoms with E-state index in [1.807, 2.05) is 0 Å². The van der Waals surface area contributed by atoms with Gasteiger partial charge in [0.25, 0.3) is 0 Å². The Morgan fingerprint density at radius 3 is 3.05 bits per heavy atom. The molecule has 1 aromatic carbocycles. The molecule has 1 aromatic heterocycles. The van der Waals surface area contributed by atoms with Crippen molar-refractivity contribution in [2.24, 2.45) is 0 Å². The molecule has 1 fully saturated rings. The van der Waals surface area contributed by atoms with Crippen molar-refractivity contribution in [3.05, 3.63) is 34.9 Å². The molecule has 0 unspecified atom stereocenters. The topological polar surface area (TPSA) is 68.5 Å². The molecule has 6 nitrogen and oxygen atoms in total. The lowest BCUT2D eigenvalue weighted by molar-refractivity contribution is 0.0658. The Kier molecular flexibility index (Phi) is 3.74. The quantitative estimate of drug-likeness (QED) is 0.872. The minimum absolute atomic E-state index is 0.171. The van der Waals surface area contributed by atoms with Crippen molar-refractivity contribution in [2.45, 2.75) is 13.0 Å². The van der Waals surface area contributed by atoms with Crippen LogP contribution in [0, 0.1) is 5.82 Å². The predicted octanol–water partition coefficient (Wildman–Crippen LogP) is 2.87. The first kappa shape index (κ1) is 13.8. The number of cyclic esters (lactones) is 1. The van der Waals surface area contributed by atoms with Crippen LogP contribution in [-0.2, 0) is 11.3 Å². The number of halogens is 2. The number of rotatable bonds is 3. The van der Waals surface area contributed by atoms with E-state index in [1.165, 1.54) is 23.1 Å². The first-order valence-electron chi connectivity index (χ1n) is 6.33. The Balaban J connectivity index is 1.78. The van der Waals surface area contributed by atoms with E-state index in [1.54, 1.807) is 0 Å². The third-order valence-corrected chi connectivity index (χ3v) is 3.34. The molecule has 2 aromatic rings. The number of nitrogens with zero attached hydrogens (tertiary/aromatic N) is 3. The molecule has 8 heteroatoms. The smallest absolute Gasteiger partial charge is 0.410 e. The summed E-state index contributed by atoms with van der Waals surface area (Å²) in [4.78, 5) is 17.2. The summed E-state index contributed by atoms with van der Waals surface area (Å²) < 4.78 is 23.0. The van der Waals surface area contributed by atoms with Crippen molar-refractivity contribution < 1.29 is 18.4 Å². The largest absolute Gasteiger partial charge is 0.449 e. The van der Waals surface area contributed by atoms with Gasteiger partial charge in [0, 0.05) is 12.1 Å². The summed E-state index contributed by atoms with van der Waals surface area (Å²) in [5.74, 6) is 0.0770. The van der Waals surface area contributed by atoms with Crippen molar-refractivity contribution in [1.29, 1.82) is 0 Å². The number of aromatic nitrogens is 2. The fraction of sp³-hybridized carbons (Fsp3) is 0.308. The van der Waals surface area contributed by atoms with Crippen LogP contribution in [0.4, 0.5) is 9.18 Å². The summed E-state index contributed by atoms with van der Waals surface area (Å²) in [5.41, 5.74) is 0.467. The zero-order valence-electron chi connectivity index (χ0n) is 10.9. The Morgan fingerprint density at radius 1 is 1.43 bits per heavy atom. The molecule has 21 heavy (non-hydrogen) atoms. The van der Waals surface area contributed by atoms with Crippen LogP contribution in [0.25, 0.3) is 11.4 Å². The second-order valence-corrected chi connectivity index (χ2v) is 4.93. The van der Waals surface area contributed by atoms with Crippen molar-refractivity contribution >= 4 is 17.7 Å². The van der Waals surface area contributed by atoms with Crippen LogP contribution >= 0.6 is 11.6 Å². The van der Waals surface area contributed by atoms with E-state index in [0.717, 1.165) is 6.42 Å². The van der Waals surface area contributed by atoms with Gasteiger partial charge in [0.2, 0.25) is 11.7 Å². The summed E-state index contributed by atoms with van der Waals surface area (Å²) in [6.07, 6.45) is 0.358. The van der Waals surface area contributed by atoms with E-state index in [9.17, 15) is 9.18 Å². The normalized spacial score (nSPS) is 15.1.